The zero-order chi connectivity index (χ0) is 15.8. The minimum absolute atomic E-state index is 0. The monoisotopic (exact) mass is 438 g/mol. The molecule has 2 rings (SSSR count). The second-order valence-electron chi connectivity index (χ2n) is 5.30. The summed E-state index contributed by atoms with van der Waals surface area (Å²) in [6, 6.07) is 0. The van der Waals surface area contributed by atoms with Crippen LogP contribution < -0.4 is 16.3 Å². The Bertz CT molecular complexity index is 554. The van der Waals surface area contributed by atoms with E-state index in [1.807, 2.05) is 4.57 Å². The van der Waals surface area contributed by atoms with Crippen molar-refractivity contribution in [3.8, 4) is 0 Å². The first-order chi connectivity index (χ1) is 10.8. The van der Waals surface area contributed by atoms with Gasteiger partial charge < -0.3 is 15.4 Å². The van der Waals surface area contributed by atoms with E-state index in [-0.39, 0.29) is 29.7 Å². The number of hydrogen-bond donors (Lipinski definition) is 2. The summed E-state index contributed by atoms with van der Waals surface area (Å²) in [4.78, 5) is 16.3. The molecule has 1 aromatic rings. The highest BCUT2D eigenvalue weighted by atomic mass is 127. The molecular formula is C14H27IN6O2. The first kappa shape index (κ1) is 19.9. The average molecular weight is 438 g/mol. The van der Waals surface area contributed by atoms with Crippen molar-refractivity contribution in [2.24, 2.45) is 4.99 Å². The van der Waals surface area contributed by atoms with E-state index in [1.54, 1.807) is 18.8 Å². The predicted molar refractivity (Wildman–Crippen MR) is 101 cm³/mol. The van der Waals surface area contributed by atoms with Gasteiger partial charge in [0.1, 0.15) is 5.82 Å². The molecule has 9 heteroatoms. The Labute approximate surface area is 153 Å². The highest BCUT2D eigenvalue weighted by molar-refractivity contribution is 14.0. The predicted octanol–water partition coefficient (Wildman–Crippen LogP) is 0.201. The molecule has 23 heavy (non-hydrogen) atoms. The van der Waals surface area contributed by atoms with Gasteiger partial charge in [0, 0.05) is 46.8 Å². The summed E-state index contributed by atoms with van der Waals surface area (Å²) < 4.78 is 8.37. The standard InChI is InChI=1S/C14H26N6O2.HI/c1-15-13(17-8-11-22-2)16-7-5-10-20-14(21)19-9-4-3-6-12(19)18-20;/h3-11H2,1-2H3,(H2,15,16,17);1H. The van der Waals surface area contributed by atoms with E-state index in [1.165, 1.54) is 0 Å². The molecule has 2 N–H and O–H groups in total. The van der Waals surface area contributed by atoms with Crippen molar-refractivity contribution in [3.05, 3.63) is 16.3 Å². The fraction of sp³-hybridized carbons (Fsp3) is 0.786. The summed E-state index contributed by atoms with van der Waals surface area (Å²) in [7, 11) is 3.40. The summed E-state index contributed by atoms with van der Waals surface area (Å²) in [5.41, 5.74) is 0.0253. The minimum Gasteiger partial charge on any atom is -0.383 e. The first-order valence-corrected chi connectivity index (χ1v) is 7.86. The van der Waals surface area contributed by atoms with Gasteiger partial charge in [-0.1, -0.05) is 0 Å². The number of halogens is 1. The molecular weight excluding hydrogens is 411 g/mol. The molecule has 0 saturated carbocycles. The van der Waals surface area contributed by atoms with Crippen LogP contribution in [0.1, 0.15) is 25.1 Å². The smallest absolute Gasteiger partial charge is 0.345 e. The normalized spacial score (nSPS) is 14.1. The molecule has 0 aliphatic carbocycles. The lowest BCUT2D eigenvalue weighted by Gasteiger charge is -2.11. The quantitative estimate of drug-likeness (QED) is 0.275. The number of guanidine groups is 1. The third-order valence-electron chi connectivity index (χ3n) is 3.69. The average Bonchev–Trinajstić information content (AvgIpc) is 2.86. The lowest BCUT2D eigenvalue weighted by Crippen LogP contribution is -2.39. The van der Waals surface area contributed by atoms with Crippen molar-refractivity contribution in [1.82, 2.24) is 25.0 Å². The second-order valence-corrected chi connectivity index (χ2v) is 5.30. The van der Waals surface area contributed by atoms with Crippen LogP contribution in [-0.2, 0) is 24.2 Å². The highest BCUT2D eigenvalue weighted by Crippen LogP contribution is 2.09. The summed E-state index contributed by atoms with van der Waals surface area (Å²) in [6.45, 7) is 3.52. The molecule has 1 aliphatic heterocycles. The van der Waals surface area contributed by atoms with E-state index in [9.17, 15) is 4.79 Å². The summed E-state index contributed by atoms with van der Waals surface area (Å²) >= 11 is 0. The van der Waals surface area contributed by atoms with Crippen LogP contribution in [0.3, 0.4) is 0 Å². The van der Waals surface area contributed by atoms with E-state index in [0.29, 0.717) is 19.7 Å². The topological polar surface area (TPSA) is 85.5 Å². The molecule has 8 nitrogen and oxygen atoms in total. The van der Waals surface area contributed by atoms with Crippen molar-refractivity contribution < 1.29 is 4.74 Å². The van der Waals surface area contributed by atoms with Gasteiger partial charge in [-0.25, -0.2) is 9.48 Å². The maximum Gasteiger partial charge on any atom is 0.345 e. The van der Waals surface area contributed by atoms with Gasteiger partial charge in [-0.2, -0.15) is 5.10 Å². The van der Waals surface area contributed by atoms with Gasteiger partial charge in [0.15, 0.2) is 5.96 Å². The Morgan fingerprint density at radius 2 is 2.13 bits per heavy atom. The van der Waals surface area contributed by atoms with Crippen LogP contribution in [0.5, 0.6) is 0 Å². The van der Waals surface area contributed by atoms with Crippen LogP contribution in [0.25, 0.3) is 0 Å². The maximum absolute atomic E-state index is 12.2. The number of aromatic nitrogens is 3. The van der Waals surface area contributed by atoms with Crippen LogP contribution >= 0.6 is 24.0 Å². The molecule has 0 aromatic carbocycles. The Balaban J connectivity index is 0.00000264. The molecule has 0 saturated heterocycles. The second kappa shape index (κ2) is 10.6. The van der Waals surface area contributed by atoms with Crippen molar-refractivity contribution >= 4 is 29.9 Å². The molecule has 1 aliphatic rings. The van der Waals surface area contributed by atoms with Crippen molar-refractivity contribution in [2.45, 2.75) is 38.8 Å². The Morgan fingerprint density at radius 1 is 1.35 bits per heavy atom. The lowest BCUT2D eigenvalue weighted by molar-refractivity contribution is 0.203. The van der Waals surface area contributed by atoms with Gasteiger partial charge in [-0.3, -0.25) is 9.56 Å². The fourth-order valence-corrected chi connectivity index (χ4v) is 2.52. The molecule has 0 fully saturated rings. The zero-order valence-corrected chi connectivity index (χ0v) is 16.2. The number of nitrogens with one attached hydrogen (secondary N) is 2. The van der Waals surface area contributed by atoms with Gasteiger partial charge in [0.2, 0.25) is 0 Å². The summed E-state index contributed by atoms with van der Waals surface area (Å²) in [5.74, 6) is 1.68. The van der Waals surface area contributed by atoms with Crippen LogP contribution in [0.15, 0.2) is 9.79 Å². The molecule has 1 aromatic heterocycles. The van der Waals surface area contributed by atoms with Gasteiger partial charge in [0.25, 0.3) is 0 Å². The van der Waals surface area contributed by atoms with Crippen LogP contribution in [-0.4, -0.2) is 54.2 Å². The Morgan fingerprint density at radius 3 is 2.83 bits per heavy atom. The fourth-order valence-electron chi connectivity index (χ4n) is 2.52. The molecule has 0 amide bonds. The summed E-state index contributed by atoms with van der Waals surface area (Å²) in [6.07, 6.45) is 3.93. The number of rotatable bonds is 7. The molecule has 0 bridgehead atoms. The molecule has 0 spiro atoms. The Hall–Kier alpha value is -1.10. The van der Waals surface area contributed by atoms with Crippen molar-refractivity contribution in [1.29, 1.82) is 0 Å². The van der Waals surface area contributed by atoms with Crippen LogP contribution in [0, 0.1) is 0 Å². The number of nitrogens with zero attached hydrogens (tertiary/aromatic N) is 4. The maximum atomic E-state index is 12.2. The number of fused-ring (bicyclic) bond motifs is 1. The van der Waals surface area contributed by atoms with E-state index < -0.39 is 0 Å². The highest BCUT2D eigenvalue weighted by Gasteiger charge is 2.16. The zero-order valence-electron chi connectivity index (χ0n) is 13.9. The van der Waals surface area contributed by atoms with Crippen molar-refractivity contribution in [3.63, 3.8) is 0 Å². The molecule has 0 unspecified atom stereocenters. The molecule has 0 radical (unpaired) electrons. The number of hydrogen-bond acceptors (Lipinski definition) is 4. The van der Waals surface area contributed by atoms with Gasteiger partial charge >= 0.3 is 5.69 Å². The summed E-state index contributed by atoms with van der Waals surface area (Å²) in [5, 5.41) is 10.8. The van der Waals surface area contributed by atoms with E-state index in [2.05, 4.69) is 20.7 Å². The van der Waals surface area contributed by atoms with E-state index in [4.69, 9.17) is 4.74 Å². The third kappa shape index (κ3) is 5.79. The van der Waals surface area contributed by atoms with Gasteiger partial charge in [-0.15, -0.1) is 24.0 Å². The number of aryl methyl sites for hydroxylation is 2. The minimum atomic E-state index is 0. The first-order valence-electron chi connectivity index (χ1n) is 7.86. The number of methoxy groups -OCH3 is 1. The van der Waals surface area contributed by atoms with Crippen LogP contribution in [0.2, 0.25) is 0 Å². The van der Waals surface area contributed by atoms with Crippen molar-refractivity contribution in [2.75, 3.05) is 33.9 Å². The van der Waals surface area contributed by atoms with Gasteiger partial charge in [0.05, 0.1) is 6.61 Å². The van der Waals surface area contributed by atoms with Gasteiger partial charge in [-0.05, 0) is 19.3 Å². The number of aliphatic imine (C=N–C) groups is 1. The largest absolute Gasteiger partial charge is 0.383 e. The third-order valence-corrected chi connectivity index (χ3v) is 3.69. The van der Waals surface area contributed by atoms with E-state index in [0.717, 1.165) is 50.6 Å². The van der Waals surface area contributed by atoms with E-state index >= 15 is 0 Å². The molecule has 0 atom stereocenters. The Kier molecular flexibility index (Phi) is 9.22. The molecule has 2 heterocycles. The van der Waals surface area contributed by atoms with Crippen LogP contribution in [0.4, 0.5) is 0 Å². The lowest BCUT2D eigenvalue weighted by atomic mass is 10.2. The molecule has 132 valence electrons. The SMILES string of the molecule is CN=C(NCCCn1nc2n(c1=O)CCCC2)NCCOC.I. The number of ether oxygens (including phenoxy) is 1.